The highest BCUT2D eigenvalue weighted by Gasteiger charge is 2.23. The Bertz CT molecular complexity index is 885. The smallest absolute Gasteiger partial charge is 0.258 e. The first-order valence-corrected chi connectivity index (χ1v) is 8.80. The lowest BCUT2D eigenvalue weighted by Crippen LogP contribution is -2.30. The lowest BCUT2D eigenvalue weighted by atomic mass is 10.0. The second-order valence-corrected chi connectivity index (χ2v) is 6.86. The van der Waals surface area contributed by atoms with E-state index in [1.54, 1.807) is 11.3 Å². The van der Waals surface area contributed by atoms with Gasteiger partial charge in [-0.05, 0) is 25.3 Å². The SMILES string of the molecule is Cc1ccc(-c2csc3ncnc(OCC(=O)NC4CC4)c23)cc1. The van der Waals surface area contributed by atoms with Crippen LogP contribution in [0.4, 0.5) is 0 Å². The zero-order valence-electron chi connectivity index (χ0n) is 13.3. The Hall–Kier alpha value is -2.47. The van der Waals surface area contributed by atoms with E-state index in [-0.39, 0.29) is 12.5 Å². The largest absolute Gasteiger partial charge is 0.467 e. The van der Waals surface area contributed by atoms with Crippen LogP contribution in [0.15, 0.2) is 36.0 Å². The van der Waals surface area contributed by atoms with Gasteiger partial charge < -0.3 is 10.1 Å². The van der Waals surface area contributed by atoms with Crippen LogP contribution in [0, 0.1) is 6.92 Å². The number of thiophene rings is 1. The van der Waals surface area contributed by atoms with Crippen LogP contribution in [0.25, 0.3) is 21.3 Å². The van der Waals surface area contributed by atoms with E-state index in [0.29, 0.717) is 11.9 Å². The highest BCUT2D eigenvalue weighted by molar-refractivity contribution is 7.17. The molecule has 0 unspecified atom stereocenters. The van der Waals surface area contributed by atoms with Crippen molar-refractivity contribution in [3.05, 3.63) is 41.5 Å². The normalized spacial score (nSPS) is 13.9. The molecule has 1 aliphatic rings. The van der Waals surface area contributed by atoms with Crippen molar-refractivity contribution < 1.29 is 9.53 Å². The highest BCUT2D eigenvalue weighted by Crippen LogP contribution is 2.37. The minimum Gasteiger partial charge on any atom is -0.467 e. The number of nitrogens with zero attached hydrogens (tertiary/aromatic N) is 2. The molecule has 0 saturated heterocycles. The van der Waals surface area contributed by atoms with Crippen molar-refractivity contribution in [1.82, 2.24) is 15.3 Å². The van der Waals surface area contributed by atoms with E-state index in [2.05, 4.69) is 51.9 Å². The van der Waals surface area contributed by atoms with Gasteiger partial charge in [0.15, 0.2) is 6.61 Å². The molecule has 0 atom stereocenters. The summed E-state index contributed by atoms with van der Waals surface area (Å²) in [5.41, 5.74) is 3.34. The number of nitrogens with one attached hydrogen (secondary N) is 1. The van der Waals surface area contributed by atoms with Crippen LogP contribution in [0.5, 0.6) is 5.88 Å². The summed E-state index contributed by atoms with van der Waals surface area (Å²) in [5, 5.41) is 5.84. The molecule has 0 aliphatic heterocycles. The standard InChI is InChI=1S/C18H17N3O2S/c1-11-2-4-12(5-3-11)14-9-24-18-16(14)17(19-10-20-18)23-8-15(22)21-13-6-7-13/h2-5,9-10,13H,6-8H2,1H3,(H,21,22). The fraction of sp³-hybridized carbons (Fsp3) is 0.278. The number of carbonyl (C=O) groups excluding carboxylic acids is 1. The molecule has 3 aromatic rings. The third-order valence-electron chi connectivity index (χ3n) is 3.98. The van der Waals surface area contributed by atoms with E-state index in [1.807, 2.05) is 0 Å². The first-order chi connectivity index (χ1) is 11.7. The summed E-state index contributed by atoms with van der Waals surface area (Å²) >= 11 is 1.55. The molecule has 6 heteroatoms. The molecular weight excluding hydrogens is 322 g/mol. The number of amides is 1. The van der Waals surface area contributed by atoms with Gasteiger partial charge in [-0.15, -0.1) is 11.3 Å². The molecule has 1 saturated carbocycles. The molecule has 4 rings (SSSR count). The quantitative estimate of drug-likeness (QED) is 0.774. The molecule has 5 nitrogen and oxygen atoms in total. The number of carbonyl (C=O) groups is 1. The minimum absolute atomic E-state index is 0.0220. The highest BCUT2D eigenvalue weighted by atomic mass is 32.1. The summed E-state index contributed by atoms with van der Waals surface area (Å²) < 4.78 is 5.70. The molecule has 1 aliphatic carbocycles. The Morgan fingerprint density at radius 2 is 2.08 bits per heavy atom. The molecule has 2 aromatic heterocycles. The van der Waals surface area contributed by atoms with Gasteiger partial charge in [0.25, 0.3) is 5.91 Å². The van der Waals surface area contributed by atoms with Crippen molar-refractivity contribution in [1.29, 1.82) is 0 Å². The number of fused-ring (bicyclic) bond motifs is 1. The van der Waals surface area contributed by atoms with Gasteiger partial charge in [-0.3, -0.25) is 4.79 Å². The molecule has 24 heavy (non-hydrogen) atoms. The number of hydrogen-bond acceptors (Lipinski definition) is 5. The maximum Gasteiger partial charge on any atom is 0.258 e. The zero-order valence-corrected chi connectivity index (χ0v) is 14.1. The topological polar surface area (TPSA) is 64.1 Å². The van der Waals surface area contributed by atoms with Crippen LogP contribution in [0.1, 0.15) is 18.4 Å². The monoisotopic (exact) mass is 339 g/mol. The number of hydrogen-bond donors (Lipinski definition) is 1. The zero-order chi connectivity index (χ0) is 16.5. The Labute approximate surface area is 143 Å². The van der Waals surface area contributed by atoms with Crippen LogP contribution >= 0.6 is 11.3 Å². The van der Waals surface area contributed by atoms with Gasteiger partial charge in [0.2, 0.25) is 5.88 Å². The number of aromatic nitrogens is 2. The van der Waals surface area contributed by atoms with Crippen molar-refractivity contribution in [3.8, 4) is 17.0 Å². The molecule has 1 N–H and O–H groups in total. The molecule has 0 spiro atoms. The molecule has 1 amide bonds. The van der Waals surface area contributed by atoms with E-state index in [1.165, 1.54) is 11.9 Å². The molecule has 0 bridgehead atoms. The predicted molar refractivity (Wildman–Crippen MR) is 94.2 cm³/mol. The lowest BCUT2D eigenvalue weighted by molar-refractivity contribution is -0.123. The average Bonchev–Trinajstić information content (AvgIpc) is 3.29. The third-order valence-corrected chi connectivity index (χ3v) is 4.87. The van der Waals surface area contributed by atoms with Gasteiger partial charge >= 0.3 is 0 Å². The summed E-state index contributed by atoms with van der Waals surface area (Å²) in [7, 11) is 0. The molecule has 1 aromatic carbocycles. The van der Waals surface area contributed by atoms with E-state index in [0.717, 1.165) is 34.2 Å². The predicted octanol–water partition coefficient (Wildman–Crippen LogP) is 3.32. The maximum atomic E-state index is 11.9. The fourth-order valence-electron chi connectivity index (χ4n) is 2.53. The van der Waals surface area contributed by atoms with Crippen molar-refractivity contribution in [2.45, 2.75) is 25.8 Å². The summed E-state index contributed by atoms with van der Waals surface area (Å²) in [6, 6.07) is 8.63. The van der Waals surface area contributed by atoms with Crippen molar-refractivity contribution in [2.75, 3.05) is 6.61 Å². The number of aryl methyl sites for hydroxylation is 1. The summed E-state index contributed by atoms with van der Waals surface area (Å²) in [6.07, 6.45) is 3.60. The summed E-state index contributed by atoms with van der Waals surface area (Å²) in [5.74, 6) is 0.360. The summed E-state index contributed by atoms with van der Waals surface area (Å²) in [4.78, 5) is 21.3. The minimum atomic E-state index is -0.101. The Kier molecular flexibility index (Phi) is 3.90. The van der Waals surface area contributed by atoms with Gasteiger partial charge in [-0.25, -0.2) is 9.97 Å². The fourth-order valence-corrected chi connectivity index (χ4v) is 3.44. The van der Waals surface area contributed by atoms with E-state index < -0.39 is 0 Å². The molecular formula is C18H17N3O2S. The number of benzene rings is 1. The molecule has 2 heterocycles. The van der Waals surface area contributed by atoms with Crippen molar-refractivity contribution in [2.24, 2.45) is 0 Å². The second kappa shape index (κ2) is 6.20. The van der Waals surface area contributed by atoms with Crippen molar-refractivity contribution in [3.63, 3.8) is 0 Å². The van der Waals surface area contributed by atoms with Crippen LogP contribution in [-0.2, 0) is 4.79 Å². The lowest BCUT2D eigenvalue weighted by Gasteiger charge is -2.08. The van der Waals surface area contributed by atoms with E-state index >= 15 is 0 Å². The number of ether oxygens (including phenoxy) is 1. The van der Waals surface area contributed by atoms with Gasteiger partial charge in [-0.1, -0.05) is 29.8 Å². The van der Waals surface area contributed by atoms with Crippen molar-refractivity contribution >= 4 is 27.5 Å². The maximum absolute atomic E-state index is 11.9. The number of rotatable bonds is 5. The van der Waals surface area contributed by atoms with Gasteiger partial charge in [0.1, 0.15) is 11.2 Å². The summed E-state index contributed by atoms with van der Waals surface area (Å²) in [6.45, 7) is 2.04. The molecule has 1 fully saturated rings. The van der Waals surface area contributed by atoms with E-state index in [9.17, 15) is 4.79 Å². The Morgan fingerprint density at radius 1 is 1.29 bits per heavy atom. The Morgan fingerprint density at radius 3 is 2.83 bits per heavy atom. The average molecular weight is 339 g/mol. The first kappa shape index (κ1) is 15.1. The van der Waals surface area contributed by atoms with E-state index in [4.69, 9.17) is 4.74 Å². The Balaban J connectivity index is 1.63. The van der Waals surface area contributed by atoms with Crippen LogP contribution in [-0.4, -0.2) is 28.5 Å². The third kappa shape index (κ3) is 3.10. The second-order valence-electron chi connectivity index (χ2n) is 6.00. The first-order valence-electron chi connectivity index (χ1n) is 7.92. The van der Waals surface area contributed by atoms with Crippen LogP contribution in [0.2, 0.25) is 0 Å². The van der Waals surface area contributed by atoms with Gasteiger partial charge in [-0.2, -0.15) is 0 Å². The molecule has 0 radical (unpaired) electrons. The van der Waals surface area contributed by atoms with Crippen LogP contribution < -0.4 is 10.1 Å². The van der Waals surface area contributed by atoms with Gasteiger partial charge in [0, 0.05) is 17.0 Å². The van der Waals surface area contributed by atoms with Gasteiger partial charge in [0.05, 0.1) is 5.39 Å². The van der Waals surface area contributed by atoms with Crippen LogP contribution in [0.3, 0.4) is 0 Å². The molecule has 122 valence electrons.